The van der Waals surface area contributed by atoms with Crippen molar-refractivity contribution in [1.82, 2.24) is 15.6 Å². The maximum atomic E-state index is 12.2. The summed E-state index contributed by atoms with van der Waals surface area (Å²) in [6.45, 7) is 2.53. The molecule has 2 N–H and O–H groups in total. The third-order valence-electron chi connectivity index (χ3n) is 3.62. The van der Waals surface area contributed by atoms with Crippen LogP contribution >= 0.6 is 23.2 Å². The van der Waals surface area contributed by atoms with Crippen LogP contribution in [-0.4, -0.2) is 28.9 Å². The van der Waals surface area contributed by atoms with Gasteiger partial charge >= 0.3 is 0 Å². The van der Waals surface area contributed by atoms with Gasteiger partial charge in [0, 0.05) is 16.1 Å². The molecule has 6 nitrogen and oxygen atoms in total. The number of nitrogens with one attached hydrogen (secondary N) is 2. The zero-order valence-electron chi connectivity index (χ0n) is 14.4. The van der Waals surface area contributed by atoms with Crippen LogP contribution in [0.2, 0.25) is 10.0 Å². The molecule has 0 atom stereocenters. The Morgan fingerprint density at radius 2 is 2.00 bits per heavy atom. The van der Waals surface area contributed by atoms with Crippen LogP contribution in [0, 0.1) is 0 Å². The van der Waals surface area contributed by atoms with E-state index in [9.17, 15) is 4.79 Å². The van der Waals surface area contributed by atoms with E-state index < -0.39 is 5.91 Å². The number of amides is 1. The molecule has 0 aliphatic carbocycles. The van der Waals surface area contributed by atoms with Crippen molar-refractivity contribution in [1.29, 1.82) is 0 Å². The van der Waals surface area contributed by atoms with Crippen LogP contribution in [0.4, 0.5) is 0 Å². The zero-order valence-corrected chi connectivity index (χ0v) is 15.9. The molecule has 1 heterocycles. The molecule has 8 heteroatoms. The summed E-state index contributed by atoms with van der Waals surface area (Å²) in [5, 5.41) is 11.7. The van der Waals surface area contributed by atoms with Gasteiger partial charge in [0.05, 0.1) is 23.5 Å². The molecular formula is C19H16Cl2N4O2. The number of H-pyrrole nitrogens is 1. The van der Waals surface area contributed by atoms with Gasteiger partial charge in [-0.05, 0) is 49.4 Å². The molecule has 2 aromatic carbocycles. The number of hydrazone groups is 1. The Balaban J connectivity index is 1.65. The number of ether oxygens (including phenoxy) is 1. The number of benzene rings is 2. The summed E-state index contributed by atoms with van der Waals surface area (Å²) in [6, 6.07) is 14.1. The minimum Gasteiger partial charge on any atom is -0.494 e. The zero-order chi connectivity index (χ0) is 19.2. The minimum atomic E-state index is -0.416. The lowest BCUT2D eigenvalue weighted by atomic mass is 10.1. The van der Waals surface area contributed by atoms with Gasteiger partial charge in [-0.3, -0.25) is 9.89 Å². The lowest BCUT2D eigenvalue weighted by molar-refractivity contribution is 0.0950. The van der Waals surface area contributed by atoms with Gasteiger partial charge in [-0.25, -0.2) is 5.43 Å². The van der Waals surface area contributed by atoms with Gasteiger partial charge in [-0.1, -0.05) is 29.3 Å². The predicted octanol–water partition coefficient (Wildman–Crippen LogP) is 4.55. The molecular weight excluding hydrogens is 387 g/mol. The Morgan fingerprint density at radius 3 is 2.70 bits per heavy atom. The van der Waals surface area contributed by atoms with E-state index in [2.05, 4.69) is 20.7 Å². The summed E-state index contributed by atoms with van der Waals surface area (Å²) in [5.74, 6) is 0.367. The van der Waals surface area contributed by atoms with Crippen molar-refractivity contribution in [3.8, 4) is 17.0 Å². The summed E-state index contributed by atoms with van der Waals surface area (Å²) in [5.41, 5.74) is 4.87. The van der Waals surface area contributed by atoms with Gasteiger partial charge in [0.25, 0.3) is 5.91 Å². The molecule has 0 bridgehead atoms. The van der Waals surface area contributed by atoms with Crippen LogP contribution < -0.4 is 10.2 Å². The molecule has 0 unspecified atom stereocenters. The van der Waals surface area contributed by atoms with E-state index in [1.165, 1.54) is 6.21 Å². The first kappa shape index (κ1) is 18.9. The normalized spacial score (nSPS) is 10.9. The molecule has 1 aromatic heterocycles. The lowest BCUT2D eigenvalue weighted by Crippen LogP contribution is -2.18. The molecule has 27 heavy (non-hydrogen) atoms. The molecule has 0 saturated carbocycles. The molecule has 0 aliphatic heterocycles. The Labute approximate surface area is 166 Å². The smallest absolute Gasteiger partial charge is 0.289 e. The van der Waals surface area contributed by atoms with E-state index in [0.29, 0.717) is 33.6 Å². The molecule has 3 aromatic rings. The second-order valence-electron chi connectivity index (χ2n) is 5.49. The molecule has 0 aliphatic rings. The third kappa shape index (κ3) is 4.87. The van der Waals surface area contributed by atoms with Gasteiger partial charge < -0.3 is 4.74 Å². The number of hydrogen-bond acceptors (Lipinski definition) is 4. The van der Waals surface area contributed by atoms with Crippen molar-refractivity contribution < 1.29 is 9.53 Å². The first-order valence-electron chi connectivity index (χ1n) is 8.14. The molecule has 3 rings (SSSR count). The number of halogens is 2. The van der Waals surface area contributed by atoms with Gasteiger partial charge in [0.1, 0.15) is 11.4 Å². The fourth-order valence-corrected chi connectivity index (χ4v) is 2.76. The first-order valence-corrected chi connectivity index (χ1v) is 8.89. The van der Waals surface area contributed by atoms with E-state index in [-0.39, 0.29) is 0 Å². The van der Waals surface area contributed by atoms with Crippen molar-refractivity contribution in [2.75, 3.05) is 6.61 Å². The van der Waals surface area contributed by atoms with Crippen molar-refractivity contribution in [2.45, 2.75) is 6.92 Å². The number of nitrogens with zero attached hydrogens (tertiary/aromatic N) is 2. The van der Waals surface area contributed by atoms with Gasteiger partial charge in [0.2, 0.25) is 0 Å². The number of rotatable bonds is 6. The molecule has 0 fully saturated rings. The van der Waals surface area contributed by atoms with Crippen molar-refractivity contribution in [3.05, 3.63) is 69.8 Å². The van der Waals surface area contributed by atoms with E-state index in [4.69, 9.17) is 27.9 Å². The van der Waals surface area contributed by atoms with Crippen LogP contribution in [0.15, 0.2) is 53.6 Å². The second kappa shape index (κ2) is 8.70. The predicted molar refractivity (Wildman–Crippen MR) is 107 cm³/mol. The molecule has 0 saturated heterocycles. The Bertz CT molecular complexity index is 968. The average molecular weight is 403 g/mol. The van der Waals surface area contributed by atoms with E-state index >= 15 is 0 Å². The van der Waals surface area contributed by atoms with Gasteiger partial charge in [-0.15, -0.1) is 0 Å². The summed E-state index contributed by atoms with van der Waals surface area (Å²) < 4.78 is 5.41. The van der Waals surface area contributed by atoms with Crippen molar-refractivity contribution in [3.63, 3.8) is 0 Å². The molecule has 1 amide bonds. The second-order valence-corrected chi connectivity index (χ2v) is 6.33. The van der Waals surface area contributed by atoms with Crippen LogP contribution in [-0.2, 0) is 0 Å². The number of hydrogen-bond donors (Lipinski definition) is 2. The Hall–Kier alpha value is -2.83. The number of carbonyl (C=O) groups excluding carboxylic acids is 1. The highest BCUT2D eigenvalue weighted by Gasteiger charge is 2.10. The highest BCUT2D eigenvalue weighted by atomic mass is 35.5. The van der Waals surface area contributed by atoms with E-state index in [1.54, 1.807) is 24.3 Å². The summed E-state index contributed by atoms with van der Waals surface area (Å²) in [4.78, 5) is 12.2. The molecule has 0 spiro atoms. The SMILES string of the molecule is CCOc1ccc(-c2cc(C(=O)N/N=C\c3ccc(Cl)cc3Cl)[nH]n2)cc1. The maximum absolute atomic E-state index is 12.2. The third-order valence-corrected chi connectivity index (χ3v) is 4.18. The van der Waals surface area contributed by atoms with Crippen LogP contribution in [0.3, 0.4) is 0 Å². The largest absolute Gasteiger partial charge is 0.494 e. The topological polar surface area (TPSA) is 79.4 Å². The lowest BCUT2D eigenvalue weighted by Gasteiger charge is -2.02. The fraction of sp³-hybridized carbons (Fsp3) is 0.105. The summed E-state index contributed by atoms with van der Waals surface area (Å²) in [6.07, 6.45) is 1.44. The highest BCUT2D eigenvalue weighted by molar-refractivity contribution is 6.36. The van der Waals surface area contributed by atoms with Crippen molar-refractivity contribution in [2.24, 2.45) is 5.10 Å². The Kier molecular flexibility index (Phi) is 6.11. The monoisotopic (exact) mass is 402 g/mol. The Morgan fingerprint density at radius 1 is 1.22 bits per heavy atom. The average Bonchev–Trinajstić information content (AvgIpc) is 3.14. The van der Waals surface area contributed by atoms with Crippen LogP contribution in [0.1, 0.15) is 23.0 Å². The standard InChI is InChI=1S/C19H16Cl2N4O2/c1-2-27-15-7-4-12(5-8-15)17-10-18(24-23-17)19(26)25-22-11-13-3-6-14(20)9-16(13)21/h3-11H,2H2,1H3,(H,23,24)(H,25,26)/b22-11-. The molecule has 138 valence electrons. The van der Waals surface area contributed by atoms with Gasteiger partial charge in [-0.2, -0.15) is 10.2 Å². The van der Waals surface area contributed by atoms with Crippen molar-refractivity contribution >= 4 is 35.3 Å². The number of carbonyl (C=O) groups is 1. The highest BCUT2D eigenvalue weighted by Crippen LogP contribution is 2.21. The maximum Gasteiger partial charge on any atom is 0.289 e. The minimum absolute atomic E-state index is 0.290. The fourth-order valence-electron chi connectivity index (χ4n) is 2.30. The number of aromatic amines is 1. The number of aromatic nitrogens is 2. The van der Waals surface area contributed by atoms with E-state index in [1.807, 2.05) is 31.2 Å². The first-order chi connectivity index (χ1) is 13.1. The van der Waals surface area contributed by atoms with Gasteiger partial charge in [0.15, 0.2) is 0 Å². The molecule has 0 radical (unpaired) electrons. The van der Waals surface area contributed by atoms with E-state index in [0.717, 1.165) is 11.3 Å². The summed E-state index contributed by atoms with van der Waals surface area (Å²) >= 11 is 11.9. The summed E-state index contributed by atoms with van der Waals surface area (Å²) in [7, 11) is 0. The van der Waals surface area contributed by atoms with Crippen LogP contribution in [0.25, 0.3) is 11.3 Å². The quantitative estimate of drug-likeness (QED) is 0.468. The van der Waals surface area contributed by atoms with Crippen LogP contribution in [0.5, 0.6) is 5.75 Å².